The van der Waals surface area contributed by atoms with Gasteiger partial charge < -0.3 is 20.3 Å². The van der Waals surface area contributed by atoms with Crippen LogP contribution < -0.4 is 5.32 Å². The number of aliphatic hydroxyl groups is 2. The highest BCUT2D eigenvalue weighted by molar-refractivity contribution is 5.76. The maximum atomic E-state index is 12.5. The molecule has 2 unspecified atom stereocenters. The molecule has 6 heteroatoms. The molecule has 0 aliphatic heterocycles. The molecular weight excluding hydrogens is 935 g/mol. The van der Waals surface area contributed by atoms with E-state index in [4.69, 9.17) is 4.74 Å². The van der Waals surface area contributed by atoms with E-state index in [9.17, 15) is 19.8 Å². The van der Waals surface area contributed by atoms with Crippen LogP contribution in [0.4, 0.5) is 0 Å². The molecule has 0 aliphatic carbocycles. The van der Waals surface area contributed by atoms with Crippen molar-refractivity contribution in [3.63, 3.8) is 0 Å². The van der Waals surface area contributed by atoms with Crippen molar-refractivity contribution in [2.75, 3.05) is 13.2 Å². The van der Waals surface area contributed by atoms with E-state index in [-0.39, 0.29) is 18.5 Å². The first-order valence-electron chi connectivity index (χ1n) is 34.6. The zero-order valence-electron chi connectivity index (χ0n) is 51.5. The highest BCUT2D eigenvalue weighted by Crippen LogP contribution is 2.19. The van der Waals surface area contributed by atoms with Gasteiger partial charge in [-0.15, -0.1) is 0 Å². The summed E-state index contributed by atoms with van der Waals surface area (Å²) in [5, 5.41) is 23.1. The molecule has 1 amide bonds. The van der Waals surface area contributed by atoms with Crippen LogP contribution in [-0.2, 0) is 14.3 Å². The molecule has 76 heavy (non-hydrogen) atoms. The predicted octanol–water partition coefficient (Wildman–Crippen LogP) is 22.1. The number of esters is 1. The zero-order valence-corrected chi connectivity index (χ0v) is 51.5. The number of hydrogen-bond donors (Lipinski definition) is 3. The van der Waals surface area contributed by atoms with E-state index in [0.717, 1.165) is 44.9 Å². The first-order chi connectivity index (χ1) is 37.5. The monoisotopic (exact) mass is 1070 g/mol. The van der Waals surface area contributed by atoms with Gasteiger partial charge in [-0.3, -0.25) is 9.59 Å². The van der Waals surface area contributed by atoms with Crippen molar-refractivity contribution in [3.05, 3.63) is 24.3 Å². The molecule has 0 aromatic rings. The SMILES string of the molecule is CCCCCCCCC/C=C\CCCCCCCCCC(=O)OCCCCCCCCCCCCCCCCCCCCCCCCCCCCCCC(=O)NC(CO)C(O)/C=C/CCCCCCCCCCCCC. The number of unbranched alkanes of at least 4 members (excludes halogenated alkanes) is 52. The lowest BCUT2D eigenvalue weighted by Gasteiger charge is -2.20. The minimum atomic E-state index is -0.841. The molecule has 0 saturated heterocycles. The number of rotatable bonds is 65. The van der Waals surface area contributed by atoms with Crippen LogP contribution in [0.25, 0.3) is 0 Å². The van der Waals surface area contributed by atoms with E-state index in [1.54, 1.807) is 6.08 Å². The molecule has 0 aliphatic rings. The van der Waals surface area contributed by atoms with Crippen LogP contribution in [0.15, 0.2) is 24.3 Å². The summed E-state index contributed by atoms with van der Waals surface area (Å²) < 4.78 is 5.51. The molecular formula is C70H135NO5. The summed E-state index contributed by atoms with van der Waals surface area (Å²) in [5.74, 6) is -0.0473. The second-order valence-corrected chi connectivity index (χ2v) is 23.9. The van der Waals surface area contributed by atoms with Crippen molar-refractivity contribution in [3.8, 4) is 0 Å². The number of amides is 1. The Morgan fingerprint density at radius 1 is 0.355 bits per heavy atom. The summed E-state index contributed by atoms with van der Waals surface area (Å²) in [4.78, 5) is 24.6. The molecule has 0 saturated carbocycles. The molecule has 6 nitrogen and oxygen atoms in total. The van der Waals surface area contributed by atoms with Gasteiger partial charge in [0.2, 0.25) is 5.91 Å². The molecule has 450 valence electrons. The van der Waals surface area contributed by atoms with Crippen molar-refractivity contribution in [1.82, 2.24) is 5.32 Å². The number of nitrogens with one attached hydrogen (secondary N) is 1. The molecule has 0 spiro atoms. The van der Waals surface area contributed by atoms with Crippen LogP contribution in [0.5, 0.6) is 0 Å². The molecule has 3 N–H and O–H groups in total. The highest BCUT2D eigenvalue weighted by Gasteiger charge is 2.18. The van der Waals surface area contributed by atoms with E-state index >= 15 is 0 Å². The Balaban J connectivity index is 3.33. The van der Waals surface area contributed by atoms with Crippen molar-refractivity contribution in [2.45, 2.75) is 398 Å². The lowest BCUT2D eigenvalue weighted by atomic mass is 10.0. The van der Waals surface area contributed by atoms with E-state index in [2.05, 4.69) is 31.3 Å². The third kappa shape index (κ3) is 61.6. The summed E-state index contributed by atoms with van der Waals surface area (Å²) in [7, 11) is 0. The molecule has 0 aromatic carbocycles. The molecule has 0 radical (unpaired) electrons. The van der Waals surface area contributed by atoms with Crippen LogP contribution in [0, 0.1) is 0 Å². The number of ether oxygens (including phenoxy) is 1. The Morgan fingerprint density at radius 3 is 0.934 bits per heavy atom. The van der Waals surface area contributed by atoms with Crippen molar-refractivity contribution in [1.29, 1.82) is 0 Å². The molecule has 2 atom stereocenters. The Labute approximate surface area is 475 Å². The van der Waals surface area contributed by atoms with Crippen molar-refractivity contribution in [2.24, 2.45) is 0 Å². The van der Waals surface area contributed by atoms with Gasteiger partial charge in [0.1, 0.15) is 0 Å². The minimum absolute atomic E-state index is 0.0161. The second-order valence-electron chi connectivity index (χ2n) is 23.9. The quantitative estimate of drug-likeness (QED) is 0.0320. The van der Waals surface area contributed by atoms with Gasteiger partial charge in [-0.05, 0) is 57.8 Å². The molecule has 0 bridgehead atoms. The average Bonchev–Trinajstić information content (AvgIpc) is 3.42. The Morgan fingerprint density at radius 2 is 0.618 bits per heavy atom. The van der Waals surface area contributed by atoms with Gasteiger partial charge in [0.25, 0.3) is 0 Å². The lowest BCUT2D eigenvalue weighted by molar-refractivity contribution is -0.143. The van der Waals surface area contributed by atoms with Crippen LogP contribution in [-0.4, -0.2) is 47.4 Å². The topological polar surface area (TPSA) is 95.9 Å². The van der Waals surface area contributed by atoms with Crippen LogP contribution >= 0.6 is 0 Å². The molecule has 0 aromatic heterocycles. The van der Waals surface area contributed by atoms with Gasteiger partial charge in [-0.2, -0.15) is 0 Å². The van der Waals surface area contributed by atoms with E-state index < -0.39 is 12.1 Å². The Kier molecular flexibility index (Phi) is 64.4. The van der Waals surface area contributed by atoms with E-state index in [0.29, 0.717) is 19.4 Å². The summed E-state index contributed by atoms with van der Waals surface area (Å²) in [5.41, 5.74) is 0. The van der Waals surface area contributed by atoms with E-state index in [1.807, 2.05) is 6.08 Å². The molecule has 0 heterocycles. The lowest BCUT2D eigenvalue weighted by Crippen LogP contribution is -2.45. The first-order valence-corrected chi connectivity index (χ1v) is 34.6. The number of allylic oxidation sites excluding steroid dienone is 3. The summed E-state index contributed by atoms with van der Waals surface area (Å²) in [6.07, 6.45) is 82.6. The fraction of sp³-hybridized carbons (Fsp3) is 0.914. The number of hydrogen-bond acceptors (Lipinski definition) is 5. The van der Waals surface area contributed by atoms with Crippen molar-refractivity contribution >= 4 is 11.9 Å². The number of carbonyl (C=O) groups is 2. The van der Waals surface area contributed by atoms with Gasteiger partial charge in [0.05, 0.1) is 25.4 Å². The van der Waals surface area contributed by atoms with Gasteiger partial charge >= 0.3 is 5.97 Å². The highest BCUT2D eigenvalue weighted by atomic mass is 16.5. The maximum absolute atomic E-state index is 12.5. The van der Waals surface area contributed by atoms with Crippen LogP contribution in [0.1, 0.15) is 386 Å². The molecule has 0 rings (SSSR count). The zero-order chi connectivity index (χ0) is 55.0. The van der Waals surface area contributed by atoms with Gasteiger partial charge in [-0.25, -0.2) is 0 Å². The first kappa shape index (κ1) is 74.3. The third-order valence-electron chi connectivity index (χ3n) is 16.2. The maximum Gasteiger partial charge on any atom is 0.305 e. The fourth-order valence-electron chi connectivity index (χ4n) is 10.9. The van der Waals surface area contributed by atoms with Crippen LogP contribution in [0.2, 0.25) is 0 Å². The molecule has 0 fully saturated rings. The normalized spacial score (nSPS) is 12.6. The number of carbonyl (C=O) groups excluding carboxylic acids is 2. The number of aliphatic hydroxyl groups excluding tert-OH is 2. The smallest absolute Gasteiger partial charge is 0.305 e. The largest absolute Gasteiger partial charge is 0.466 e. The van der Waals surface area contributed by atoms with E-state index in [1.165, 1.54) is 315 Å². The Hall–Kier alpha value is -1.66. The Bertz CT molecular complexity index is 1190. The van der Waals surface area contributed by atoms with Gasteiger partial charge in [0.15, 0.2) is 0 Å². The average molecular weight is 1070 g/mol. The summed E-state index contributed by atoms with van der Waals surface area (Å²) in [6, 6.07) is -0.624. The predicted molar refractivity (Wildman–Crippen MR) is 333 cm³/mol. The summed E-state index contributed by atoms with van der Waals surface area (Å²) in [6.45, 7) is 4.93. The third-order valence-corrected chi connectivity index (χ3v) is 16.2. The van der Waals surface area contributed by atoms with Gasteiger partial charge in [0, 0.05) is 12.8 Å². The van der Waals surface area contributed by atoms with Crippen molar-refractivity contribution < 1.29 is 24.5 Å². The van der Waals surface area contributed by atoms with Crippen LogP contribution in [0.3, 0.4) is 0 Å². The standard InChI is InChI=1S/C70H135NO5/c1-3-5-7-9-11-13-15-17-18-19-33-36-40-44-48-52-56-60-64-70(75)76-65-61-57-53-49-45-41-37-34-31-29-27-25-23-21-20-22-24-26-28-30-32-35-39-43-47-51-55-59-63-69(74)71-67(66-72)68(73)62-58-54-50-46-42-38-16-14-12-10-8-6-4-2/h18-19,58,62,67-68,72-73H,3-17,20-57,59-61,63-66H2,1-2H3,(H,71,74)/b19-18-,62-58+. The van der Waals surface area contributed by atoms with Gasteiger partial charge in [-0.1, -0.05) is 340 Å². The fourth-order valence-corrected chi connectivity index (χ4v) is 10.9. The second kappa shape index (κ2) is 65.9. The summed E-state index contributed by atoms with van der Waals surface area (Å²) >= 11 is 0. The minimum Gasteiger partial charge on any atom is -0.466 e.